The van der Waals surface area contributed by atoms with Crippen LogP contribution >= 0.6 is 0 Å². The van der Waals surface area contributed by atoms with Crippen molar-refractivity contribution in [2.45, 2.75) is 19.9 Å². The first-order valence-corrected chi connectivity index (χ1v) is 5.35. The fourth-order valence-electron chi connectivity index (χ4n) is 1.51. The van der Waals surface area contributed by atoms with Crippen LogP contribution in [0.1, 0.15) is 22.8 Å². The van der Waals surface area contributed by atoms with Crippen LogP contribution < -0.4 is 0 Å². The number of hydrogen-bond donors (Lipinski definition) is 1. The SMILES string of the molecule is CCN(Cc1ccc(C(=O)O)cc1)CC(F)F. The van der Waals surface area contributed by atoms with Gasteiger partial charge in [0.2, 0.25) is 0 Å². The van der Waals surface area contributed by atoms with Crippen molar-refractivity contribution in [3.63, 3.8) is 0 Å². The molecule has 5 heteroatoms. The number of carboxylic acids is 1. The molecule has 17 heavy (non-hydrogen) atoms. The molecule has 1 N–H and O–H groups in total. The molecule has 3 nitrogen and oxygen atoms in total. The molecule has 0 aliphatic heterocycles. The minimum Gasteiger partial charge on any atom is -0.478 e. The second kappa shape index (κ2) is 6.30. The molecule has 1 rings (SSSR count). The molecular weight excluding hydrogens is 228 g/mol. The Balaban J connectivity index is 2.64. The third-order valence-electron chi connectivity index (χ3n) is 2.45. The summed E-state index contributed by atoms with van der Waals surface area (Å²) in [6.07, 6.45) is -2.35. The molecule has 0 bridgehead atoms. The van der Waals surface area contributed by atoms with E-state index in [2.05, 4.69) is 0 Å². The summed E-state index contributed by atoms with van der Waals surface area (Å²) in [4.78, 5) is 12.2. The second-order valence-corrected chi connectivity index (χ2v) is 3.72. The van der Waals surface area contributed by atoms with Gasteiger partial charge in [0.1, 0.15) is 0 Å². The van der Waals surface area contributed by atoms with Gasteiger partial charge in [0.25, 0.3) is 6.43 Å². The Bertz CT molecular complexity index is 365. The van der Waals surface area contributed by atoms with E-state index in [1.165, 1.54) is 12.1 Å². The van der Waals surface area contributed by atoms with E-state index in [9.17, 15) is 13.6 Å². The van der Waals surface area contributed by atoms with Gasteiger partial charge in [-0.3, -0.25) is 4.90 Å². The van der Waals surface area contributed by atoms with E-state index >= 15 is 0 Å². The summed E-state index contributed by atoms with van der Waals surface area (Å²) in [5.74, 6) is -0.989. The van der Waals surface area contributed by atoms with Gasteiger partial charge in [-0.05, 0) is 24.2 Å². The second-order valence-electron chi connectivity index (χ2n) is 3.72. The zero-order valence-corrected chi connectivity index (χ0v) is 9.57. The lowest BCUT2D eigenvalue weighted by molar-refractivity contribution is 0.0697. The number of nitrogens with zero attached hydrogens (tertiary/aromatic N) is 1. The maximum Gasteiger partial charge on any atom is 0.335 e. The van der Waals surface area contributed by atoms with Crippen LogP contribution in [-0.4, -0.2) is 35.5 Å². The number of alkyl halides is 2. The lowest BCUT2D eigenvalue weighted by Crippen LogP contribution is -2.28. The van der Waals surface area contributed by atoms with E-state index in [1.54, 1.807) is 17.0 Å². The molecule has 0 aliphatic carbocycles. The molecular formula is C12H15F2NO2. The van der Waals surface area contributed by atoms with Gasteiger partial charge < -0.3 is 5.11 Å². The van der Waals surface area contributed by atoms with Gasteiger partial charge in [0, 0.05) is 6.54 Å². The zero-order chi connectivity index (χ0) is 12.8. The molecule has 0 amide bonds. The molecule has 94 valence electrons. The van der Waals surface area contributed by atoms with Crippen molar-refractivity contribution in [1.82, 2.24) is 4.90 Å². The number of carboxylic acid groups (broad SMARTS) is 1. The van der Waals surface area contributed by atoms with Crippen LogP contribution in [0.3, 0.4) is 0 Å². The minimum absolute atomic E-state index is 0.200. The largest absolute Gasteiger partial charge is 0.478 e. The summed E-state index contributed by atoms with van der Waals surface area (Å²) >= 11 is 0. The Morgan fingerprint density at radius 1 is 1.35 bits per heavy atom. The van der Waals surface area contributed by atoms with Crippen LogP contribution in [0.25, 0.3) is 0 Å². The average Bonchev–Trinajstić information content (AvgIpc) is 2.28. The number of benzene rings is 1. The molecule has 0 aliphatic rings. The van der Waals surface area contributed by atoms with Crippen molar-refractivity contribution in [2.75, 3.05) is 13.1 Å². The zero-order valence-electron chi connectivity index (χ0n) is 9.57. The highest BCUT2D eigenvalue weighted by Gasteiger charge is 2.11. The molecule has 0 fully saturated rings. The molecule has 0 aromatic heterocycles. The van der Waals surface area contributed by atoms with Crippen molar-refractivity contribution in [2.24, 2.45) is 0 Å². The molecule has 0 saturated heterocycles. The van der Waals surface area contributed by atoms with E-state index in [0.717, 1.165) is 5.56 Å². The van der Waals surface area contributed by atoms with Crippen molar-refractivity contribution >= 4 is 5.97 Å². The number of rotatable bonds is 6. The molecule has 1 aromatic carbocycles. The van der Waals surface area contributed by atoms with Gasteiger partial charge in [-0.2, -0.15) is 0 Å². The molecule has 0 unspecified atom stereocenters. The predicted molar refractivity (Wildman–Crippen MR) is 60.4 cm³/mol. The topological polar surface area (TPSA) is 40.5 Å². The van der Waals surface area contributed by atoms with Crippen LogP contribution in [0.2, 0.25) is 0 Å². The van der Waals surface area contributed by atoms with E-state index < -0.39 is 12.4 Å². The van der Waals surface area contributed by atoms with E-state index in [1.807, 2.05) is 6.92 Å². The summed E-state index contributed by atoms with van der Waals surface area (Å²) < 4.78 is 24.5. The third kappa shape index (κ3) is 4.48. The van der Waals surface area contributed by atoms with Gasteiger partial charge in [-0.25, -0.2) is 13.6 Å². The Morgan fingerprint density at radius 2 is 1.94 bits per heavy atom. The van der Waals surface area contributed by atoms with Gasteiger partial charge in [-0.15, -0.1) is 0 Å². The number of aromatic carboxylic acids is 1. The van der Waals surface area contributed by atoms with Crippen molar-refractivity contribution in [1.29, 1.82) is 0 Å². The fraction of sp³-hybridized carbons (Fsp3) is 0.417. The lowest BCUT2D eigenvalue weighted by atomic mass is 10.1. The predicted octanol–water partition coefficient (Wildman–Crippen LogP) is 2.47. The molecule has 0 heterocycles. The third-order valence-corrected chi connectivity index (χ3v) is 2.45. The molecule has 1 aromatic rings. The minimum atomic E-state index is -2.35. The highest BCUT2D eigenvalue weighted by molar-refractivity contribution is 5.87. The van der Waals surface area contributed by atoms with Gasteiger partial charge in [0.05, 0.1) is 12.1 Å². The monoisotopic (exact) mass is 243 g/mol. The van der Waals surface area contributed by atoms with Crippen LogP contribution in [-0.2, 0) is 6.54 Å². The van der Waals surface area contributed by atoms with Crippen LogP contribution in [0.15, 0.2) is 24.3 Å². The Morgan fingerprint density at radius 3 is 2.35 bits per heavy atom. The van der Waals surface area contributed by atoms with E-state index in [0.29, 0.717) is 13.1 Å². The summed E-state index contributed by atoms with van der Waals surface area (Å²) in [6, 6.07) is 6.26. The van der Waals surface area contributed by atoms with Gasteiger partial charge >= 0.3 is 5.97 Å². The molecule has 0 saturated carbocycles. The average molecular weight is 243 g/mol. The molecule has 0 spiro atoms. The standard InChI is InChI=1S/C12H15F2NO2/c1-2-15(8-11(13)14)7-9-3-5-10(6-4-9)12(16)17/h3-6,11H,2,7-8H2,1H3,(H,16,17). The first kappa shape index (κ1) is 13.6. The highest BCUT2D eigenvalue weighted by Crippen LogP contribution is 2.09. The summed E-state index contributed by atoms with van der Waals surface area (Å²) in [5.41, 5.74) is 1.03. The quantitative estimate of drug-likeness (QED) is 0.834. The van der Waals surface area contributed by atoms with Crippen molar-refractivity contribution in [3.8, 4) is 0 Å². The van der Waals surface area contributed by atoms with Gasteiger partial charge in [-0.1, -0.05) is 19.1 Å². The molecule has 0 radical (unpaired) electrons. The Labute approximate surface area is 98.7 Å². The van der Waals surface area contributed by atoms with Gasteiger partial charge in [0.15, 0.2) is 0 Å². The Kier molecular flexibility index (Phi) is 5.03. The first-order valence-electron chi connectivity index (χ1n) is 5.35. The number of halogens is 2. The Hall–Kier alpha value is -1.49. The summed E-state index contributed by atoms with van der Waals surface area (Å²) in [5, 5.41) is 8.71. The van der Waals surface area contributed by atoms with Crippen LogP contribution in [0.4, 0.5) is 8.78 Å². The smallest absolute Gasteiger partial charge is 0.335 e. The lowest BCUT2D eigenvalue weighted by Gasteiger charge is -2.19. The summed E-state index contributed by atoms with van der Waals surface area (Å²) in [6.45, 7) is 2.48. The number of hydrogen-bond acceptors (Lipinski definition) is 2. The van der Waals surface area contributed by atoms with Crippen molar-refractivity contribution < 1.29 is 18.7 Å². The van der Waals surface area contributed by atoms with Crippen LogP contribution in [0, 0.1) is 0 Å². The van der Waals surface area contributed by atoms with E-state index in [-0.39, 0.29) is 12.1 Å². The fourth-order valence-corrected chi connectivity index (χ4v) is 1.51. The van der Waals surface area contributed by atoms with Crippen molar-refractivity contribution in [3.05, 3.63) is 35.4 Å². The first-order chi connectivity index (χ1) is 8.02. The highest BCUT2D eigenvalue weighted by atomic mass is 19.3. The maximum atomic E-state index is 12.2. The molecule has 0 atom stereocenters. The van der Waals surface area contributed by atoms with E-state index in [4.69, 9.17) is 5.11 Å². The summed E-state index contributed by atoms with van der Waals surface area (Å²) in [7, 11) is 0. The normalized spacial score (nSPS) is 11.1. The number of carbonyl (C=O) groups is 1. The maximum absolute atomic E-state index is 12.2. The van der Waals surface area contributed by atoms with Crippen LogP contribution in [0.5, 0.6) is 0 Å².